The van der Waals surface area contributed by atoms with Crippen LogP contribution in [0.1, 0.15) is 6.42 Å². The molecule has 6 nitrogen and oxygen atoms in total. The van der Waals surface area contributed by atoms with Crippen molar-refractivity contribution in [2.24, 2.45) is 5.73 Å². The molecular weight excluding hydrogens is 411 g/mol. The van der Waals surface area contributed by atoms with Crippen LogP contribution in [0.4, 0.5) is 5.69 Å². The van der Waals surface area contributed by atoms with Crippen LogP contribution in [0, 0.1) is 0 Å². The predicted molar refractivity (Wildman–Crippen MR) is 119 cm³/mol. The zero-order chi connectivity index (χ0) is 17.4. The number of hydrogen-bond acceptors (Lipinski definition) is 5. The van der Waals surface area contributed by atoms with E-state index >= 15 is 0 Å². The molecule has 158 valence electrons. The van der Waals surface area contributed by atoms with E-state index in [2.05, 4.69) is 34.1 Å². The number of rotatable bonds is 8. The van der Waals surface area contributed by atoms with Gasteiger partial charge in [0.2, 0.25) is 5.91 Å². The maximum absolute atomic E-state index is 12.1. The number of nitrogens with zero attached hydrogens (tertiary/aromatic N) is 3. The summed E-state index contributed by atoms with van der Waals surface area (Å²) in [7, 11) is 3.45. The monoisotopic (exact) mass is 442 g/mol. The normalized spacial score (nSPS) is 15.0. The molecule has 1 aliphatic rings. The molecule has 1 heterocycles. The van der Waals surface area contributed by atoms with Crippen LogP contribution >= 0.6 is 37.2 Å². The van der Waals surface area contributed by atoms with E-state index in [1.807, 2.05) is 13.1 Å². The molecule has 9 heteroatoms. The van der Waals surface area contributed by atoms with Gasteiger partial charge >= 0.3 is 0 Å². The first-order valence-corrected chi connectivity index (χ1v) is 8.63. The fraction of sp³-hybridized carbons (Fsp3) is 0.611. The number of piperazine rings is 1. The highest BCUT2D eigenvalue weighted by molar-refractivity contribution is 5.86. The van der Waals surface area contributed by atoms with Gasteiger partial charge in [0.1, 0.15) is 0 Å². The Kier molecular flexibility index (Phi) is 16.0. The zero-order valence-electron chi connectivity index (χ0n) is 16.1. The summed E-state index contributed by atoms with van der Waals surface area (Å²) in [6.07, 6.45) is 0.167. The lowest BCUT2D eigenvalue weighted by atomic mass is 10.2. The first-order valence-electron chi connectivity index (χ1n) is 8.63. The van der Waals surface area contributed by atoms with Crippen LogP contribution in [-0.4, -0.2) is 81.8 Å². The van der Waals surface area contributed by atoms with Crippen molar-refractivity contribution < 1.29 is 9.53 Å². The summed E-state index contributed by atoms with van der Waals surface area (Å²) < 4.78 is 5.18. The molecular formula is C18H33Cl3N4O2. The van der Waals surface area contributed by atoms with Gasteiger partial charge in [0.05, 0.1) is 12.5 Å². The van der Waals surface area contributed by atoms with Crippen molar-refractivity contribution in [3.63, 3.8) is 0 Å². The second-order valence-corrected chi connectivity index (χ2v) is 6.28. The number of methoxy groups -OCH3 is 1. The number of anilines is 1. The summed E-state index contributed by atoms with van der Waals surface area (Å²) in [5.41, 5.74) is 6.86. The number of carbonyl (C=O) groups is 1. The van der Waals surface area contributed by atoms with Gasteiger partial charge in [-0.1, -0.05) is 18.2 Å². The van der Waals surface area contributed by atoms with E-state index in [-0.39, 0.29) is 49.2 Å². The number of carbonyl (C=O) groups excluding carboxylic acids is 1. The molecule has 2 rings (SSSR count). The summed E-state index contributed by atoms with van der Waals surface area (Å²) in [4.78, 5) is 18.8. The van der Waals surface area contributed by atoms with Crippen LogP contribution in [0.2, 0.25) is 0 Å². The standard InChI is InChI=1S/C18H30N4O2.3ClH/c1-20(18(23)14-17(15-19)24-2)8-9-21-10-12-22(13-11-21)16-6-4-3-5-7-16;;;/h3-7,17H,8-15,19H2,1-2H3;3*1H. The molecule has 0 aliphatic carbocycles. The van der Waals surface area contributed by atoms with Crippen molar-refractivity contribution in [1.82, 2.24) is 9.80 Å². The van der Waals surface area contributed by atoms with Crippen molar-refractivity contribution in [2.45, 2.75) is 12.5 Å². The van der Waals surface area contributed by atoms with Crippen molar-refractivity contribution in [3.8, 4) is 0 Å². The highest BCUT2D eigenvalue weighted by Crippen LogP contribution is 2.15. The number of hydrogen-bond donors (Lipinski definition) is 1. The lowest BCUT2D eigenvalue weighted by Crippen LogP contribution is -2.48. The van der Waals surface area contributed by atoms with Crippen LogP contribution in [0.5, 0.6) is 0 Å². The average molecular weight is 444 g/mol. The Balaban J connectivity index is 0. The number of amides is 1. The highest BCUT2D eigenvalue weighted by Gasteiger charge is 2.19. The molecule has 1 aromatic carbocycles. The van der Waals surface area contributed by atoms with E-state index in [4.69, 9.17) is 10.5 Å². The number of benzene rings is 1. The molecule has 0 saturated carbocycles. The first-order chi connectivity index (χ1) is 11.6. The van der Waals surface area contributed by atoms with Crippen molar-refractivity contribution in [3.05, 3.63) is 30.3 Å². The van der Waals surface area contributed by atoms with Gasteiger partial charge in [-0.2, -0.15) is 0 Å². The fourth-order valence-corrected chi connectivity index (χ4v) is 2.90. The minimum Gasteiger partial charge on any atom is -0.380 e. The van der Waals surface area contributed by atoms with E-state index in [0.29, 0.717) is 13.0 Å². The largest absolute Gasteiger partial charge is 0.380 e. The van der Waals surface area contributed by atoms with Crippen LogP contribution in [-0.2, 0) is 9.53 Å². The van der Waals surface area contributed by atoms with Gasteiger partial charge in [-0.3, -0.25) is 9.69 Å². The molecule has 2 N–H and O–H groups in total. The topological polar surface area (TPSA) is 62.0 Å². The number of ether oxygens (including phenoxy) is 1. The third kappa shape index (κ3) is 9.32. The molecule has 1 saturated heterocycles. The van der Waals surface area contributed by atoms with Gasteiger partial charge in [0.15, 0.2) is 0 Å². The Morgan fingerprint density at radius 1 is 1.15 bits per heavy atom. The number of halogens is 3. The molecule has 1 unspecified atom stereocenters. The lowest BCUT2D eigenvalue weighted by molar-refractivity contribution is -0.132. The maximum Gasteiger partial charge on any atom is 0.225 e. The molecule has 1 atom stereocenters. The van der Waals surface area contributed by atoms with Gasteiger partial charge < -0.3 is 20.3 Å². The second-order valence-electron chi connectivity index (χ2n) is 6.28. The molecule has 0 aromatic heterocycles. The average Bonchev–Trinajstić information content (AvgIpc) is 2.65. The smallest absolute Gasteiger partial charge is 0.225 e. The molecule has 0 radical (unpaired) electrons. The number of nitrogens with two attached hydrogens (primary N) is 1. The Bertz CT molecular complexity index is 499. The molecule has 27 heavy (non-hydrogen) atoms. The Morgan fingerprint density at radius 3 is 2.26 bits per heavy atom. The van der Waals surface area contributed by atoms with Gasteiger partial charge in [-0.25, -0.2) is 0 Å². The van der Waals surface area contributed by atoms with Gasteiger partial charge in [0.25, 0.3) is 0 Å². The molecule has 1 fully saturated rings. The lowest BCUT2D eigenvalue weighted by Gasteiger charge is -2.36. The SMILES string of the molecule is COC(CN)CC(=O)N(C)CCN1CCN(c2ccccc2)CC1.Cl.Cl.Cl. The summed E-state index contributed by atoms with van der Waals surface area (Å²) in [5, 5.41) is 0. The highest BCUT2D eigenvalue weighted by atomic mass is 35.5. The third-order valence-electron chi connectivity index (χ3n) is 4.67. The molecule has 0 bridgehead atoms. The summed E-state index contributed by atoms with van der Waals surface area (Å²) >= 11 is 0. The van der Waals surface area contributed by atoms with Gasteiger partial charge in [0, 0.05) is 65.7 Å². The quantitative estimate of drug-likeness (QED) is 0.665. The molecule has 0 spiro atoms. The fourth-order valence-electron chi connectivity index (χ4n) is 2.90. The van der Waals surface area contributed by atoms with E-state index in [1.54, 1.807) is 12.0 Å². The van der Waals surface area contributed by atoms with E-state index in [1.165, 1.54) is 5.69 Å². The Hall–Kier alpha value is -0.760. The predicted octanol–water partition coefficient (Wildman–Crippen LogP) is 1.90. The zero-order valence-corrected chi connectivity index (χ0v) is 18.5. The Labute approximate surface area is 181 Å². The van der Waals surface area contributed by atoms with Crippen LogP contribution in [0.15, 0.2) is 30.3 Å². The summed E-state index contributed by atoms with van der Waals surface area (Å²) in [6.45, 7) is 6.13. The first kappa shape index (κ1) is 28.4. The number of likely N-dealkylation sites (N-methyl/N-ethyl adjacent to an activating group) is 1. The van der Waals surface area contributed by atoms with Crippen molar-refractivity contribution in [2.75, 3.05) is 64.9 Å². The Morgan fingerprint density at radius 2 is 1.74 bits per heavy atom. The summed E-state index contributed by atoms with van der Waals surface area (Å²) in [5.74, 6) is 0.0928. The van der Waals surface area contributed by atoms with Crippen molar-refractivity contribution >= 4 is 48.8 Å². The number of para-hydroxylation sites is 1. The molecule has 1 aromatic rings. The van der Waals surface area contributed by atoms with Gasteiger partial charge in [-0.05, 0) is 12.1 Å². The molecule has 1 aliphatic heterocycles. The van der Waals surface area contributed by atoms with Crippen LogP contribution in [0.3, 0.4) is 0 Å². The minimum atomic E-state index is -0.186. The van der Waals surface area contributed by atoms with E-state index in [9.17, 15) is 4.79 Å². The molecule has 1 amide bonds. The van der Waals surface area contributed by atoms with Crippen molar-refractivity contribution in [1.29, 1.82) is 0 Å². The van der Waals surface area contributed by atoms with E-state index in [0.717, 1.165) is 39.3 Å². The summed E-state index contributed by atoms with van der Waals surface area (Å²) in [6, 6.07) is 10.5. The second kappa shape index (κ2) is 15.2. The van der Waals surface area contributed by atoms with Gasteiger partial charge in [-0.15, -0.1) is 37.2 Å². The minimum absolute atomic E-state index is 0. The maximum atomic E-state index is 12.1. The van der Waals surface area contributed by atoms with Crippen LogP contribution in [0.25, 0.3) is 0 Å². The van der Waals surface area contributed by atoms with E-state index < -0.39 is 0 Å². The van der Waals surface area contributed by atoms with Crippen LogP contribution < -0.4 is 10.6 Å². The third-order valence-corrected chi connectivity index (χ3v) is 4.67.